The van der Waals surface area contributed by atoms with Crippen LogP contribution in [0.25, 0.3) is 0 Å². The molecule has 0 aromatic heterocycles. The van der Waals surface area contributed by atoms with E-state index in [4.69, 9.17) is 5.11 Å². The molecule has 5 heteroatoms. The second-order valence-corrected chi connectivity index (χ2v) is 5.45. The Labute approximate surface area is 107 Å². The van der Waals surface area contributed by atoms with Crippen LogP contribution >= 0.6 is 0 Å². The van der Waals surface area contributed by atoms with Crippen LogP contribution in [-0.4, -0.2) is 36.1 Å². The molecule has 0 radical (unpaired) electrons. The summed E-state index contributed by atoms with van der Waals surface area (Å²) in [6.45, 7) is 1.63. The molecule has 1 atom stereocenters. The van der Waals surface area contributed by atoms with Crippen LogP contribution < -0.4 is 10.6 Å². The quantitative estimate of drug-likeness (QED) is 0.691. The average Bonchev–Trinajstić information content (AvgIpc) is 2.90. The molecule has 0 aromatic carbocycles. The van der Waals surface area contributed by atoms with Gasteiger partial charge in [-0.05, 0) is 51.0 Å². The van der Waals surface area contributed by atoms with Crippen LogP contribution in [-0.2, 0) is 9.59 Å². The van der Waals surface area contributed by atoms with Gasteiger partial charge in [-0.1, -0.05) is 0 Å². The van der Waals surface area contributed by atoms with Gasteiger partial charge in [-0.2, -0.15) is 0 Å². The third kappa shape index (κ3) is 3.45. The number of nitrogens with one attached hydrogen (secondary N) is 2. The van der Waals surface area contributed by atoms with E-state index in [2.05, 4.69) is 10.6 Å². The van der Waals surface area contributed by atoms with Crippen LogP contribution in [0.5, 0.6) is 0 Å². The van der Waals surface area contributed by atoms with Crippen molar-refractivity contribution < 1.29 is 14.7 Å². The Bertz CT molecular complexity index is 305. The highest BCUT2D eigenvalue weighted by Crippen LogP contribution is 2.28. The van der Waals surface area contributed by atoms with E-state index in [9.17, 15) is 9.59 Å². The smallest absolute Gasteiger partial charge is 0.306 e. The largest absolute Gasteiger partial charge is 0.481 e. The fraction of sp³-hybridized carbons (Fsp3) is 0.846. The first kappa shape index (κ1) is 13.3. The van der Waals surface area contributed by atoms with Gasteiger partial charge < -0.3 is 15.7 Å². The molecule has 0 spiro atoms. The number of rotatable bonds is 4. The van der Waals surface area contributed by atoms with Gasteiger partial charge in [0.15, 0.2) is 0 Å². The number of carboxylic acids is 1. The summed E-state index contributed by atoms with van der Waals surface area (Å²) in [6.07, 6.45) is 5.32. The van der Waals surface area contributed by atoms with Gasteiger partial charge in [0.2, 0.25) is 5.91 Å². The van der Waals surface area contributed by atoms with E-state index in [0.29, 0.717) is 12.5 Å². The number of amides is 1. The van der Waals surface area contributed by atoms with E-state index in [0.717, 1.165) is 45.1 Å². The van der Waals surface area contributed by atoms with Crippen molar-refractivity contribution in [3.63, 3.8) is 0 Å². The van der Waals surface area contributed by atoms with Gasteiger partial charge in [0, 0.05) is 6.54 Å². The fourth-order valence-corrected chi connectivity index (χ4v) is 2.89. The van der Waals surface area contributed by atoms with Crippen molar-refractivity contribution in [2.24, 2.45) is 11.8 Å². The monoisotopic (exact) mass is 254 g/mol. The zero-order valence-corrected chi connectivity index (χ0v) is 10.7. The standard InChI is InChI=1S/C13H22N2O3/c16-12(11-2-1-7-14-11)15-8-9-3-5-10(6-4-9)13(17)18/h9-11,14H,1-8H2,(H,15,16)(H,17,18). The molecule has 2 fully saturated rings. The number of carboxylic acid groups (broad SMARTS) is 1. The van der Waals surface area contributed by atoms with Gasteiger partial charge in [-0.15, -0.1) is 0 Å². The molecule has 0 bridgehead atoms. The Morgan fingerprint density at radius 2 is 1.89 bits per heavy atom. The molecule has 0 aromatic rings. The molecule has 2 rings (SSSR count). The molecule has 1 amide bonds. The highest BCUT2D eigenvalue weighted by atomic mass is 16.4. The molecule has 2 aliphatic rings. The normalized spacial score (nSPS) is 32.1. The minimum Gasteiger partial charge on any atom is -0.481 e. The molecule has 5 nitrogen and oxygen atoms in total. The topological polar surface area (TPSA) is 78.4 Å². The van der Waals surface area contributed by atoms with Crippen molar-refractivity contribution in [2.75, 3.05) is 13.1 Å². The minimum absolute atomic E-state index is 0.0136. The average molecular weight is 254 g/mol. The SMILES string of the molecule is O=C(O)C1CCC(CNC(=O)C2CCCN2)CC1. The number of carbonyl (C=O) groups excluding carboxylic acids is 1. The second kappa shape index (κ2) is 6.18. The van der Waals surface area contributed by atoms with Gasteiger partial charge in [0.25, 0.3) is 0 Å². The first-order chi connectivity index (χ1) is 8.66. The highest BCUT2D eigenvalue weighted by Gasteiger charge is 2.27. The number of carbonyl (C=O) groups is 2. The van der Waals surface area contributed by atoms with Crippen molar-refractivity contribution in [3.05, 3.63) is 0 Å². The van der Waals surface area contributed by atoms with Crippen LogP contribution in [0, 0.1) is 11.8 Å². The zero-order valence-electron chi connectivity index (χ0n) is 10.7. The molecule has 1 saturated carbocycles. The molecule has 1 heterocycles. The maximum Gasteiger partial charge on any atom is 0.306 e. The summed E-state index contributed by atoms with van der Waals surface area (Å²) >= 11 is 0. The maximum absolute atomic E-state index is 11.8. The minimum atomic E-state index is -0.673. The molecular weight excluding hydrogens is 232 g/mol. The molecule has 1 unspecified atom stereocenters. The van der Waals surface area contributed by atoms with Crippen molar-refractivity contribution >= 4 is 11.9 Å². The number of hydrogen-bond acceptors (Lipinski definition) is 3. The molecular formula is C13H22N2O3. The molecule has 1 aliphatic heterocycles. The summed E-state index contributed by atoms with van der Waals surface area (Å²) in [5.74, 6) is -0.292. The lowest BCUT2D eigenvalue weighted by Crippen LogP contribution is -2.42. The van der Waals surface area contributed by atoms with Gasteiger partial charge >= 0.3 is 5.97 Å². The Morgan fingerprint density at radius 1 is 1.17 bits per heavy atom. The first-order valence-electron chi connectivity index (χ1n) is 6.90. The lowest BCUT2D eigenvalue weighted by atomic mass is 9.82. The van der Waals surface area contributed by atoms with Crippen molar-refractivity contribution in [2.45, 2.75) is 44.6 Å². The highest BCUT2D eigenvalue weighted by molar-refractivity contribution is 5.82. The Balaban J connectivity index is 1.65. The molecule has 1 saturated heterocycles. The van der Waals surface area contributed by atoms with Gasteiger partial charge in [0.1, 0.15) is 0 Å². The summed E-state index contributed by atoms with van der Waals surface area (Å²) in [5, 5.41) is 15.1. The molecule has 102 valence electrons. The summed E-state index contributed by atoms with van der Waals surface area (Å²) in [5.41, 5.74) is 0. The summed E-state index contributed by atoms with van der Waals surface area (Å²) in [6, 6.07) is -0.0136. The van der Waals surface area contributed by atoms with E-state index in [1.54, 1.807) is 0 Å². The molecule has 3 N–H and O–H groups in total. The van der Waals surface area contributed by atoms with Gasteiger partial charge in [0.05, 0.1) is 12.0 Å². The van der Waals surface area contributed by atoms with Crippen molar-refractivity contribution in [3.8, 4) is 0 Å². The van der Waals surface area contributed by atoms with Crippen molar-refractivity contribution in [1.82, 2.24) is 10.6 Å². The predicted molar refractivity (Wildman–Crippen MR) is 67.1 cm³/mol. The third-order valence-electron chi connectivity index (χ3n) is 4.14. The van der Waals surface area contributed by atoms with Crippen LogP contribution in [0.3, 0.4) is 0 Å². The van der Waals surface area contributed by atoms with E-state index in [-0.39, 0.29) is 17.9 Å². The van der Waals surface area contributed by atoms with E-state index < -0.39 is 5.97 Å². The molecule has 18 heavy (non-hydrogen) atoms. The lowest BCUT2D eigenvalue weighted by molar-refractivity contribution is -0.143. The van der Waals surface area contributed by atoms with Crippen LogP contribution in [0.2, 0.25) is 0 Å². The zero-order chi connectivity index (χ0) is 13.0. The summed E-state index contributed by atoms with van der Waals surface area (Å²) in [7, 11) is 0. The van der Waals surface area contributed by atoms with E-state index in [1.165, 1.54) is 0 Å². The third-order valence-corrected chi connectivity index (χ3v) is 4.14. The number of hydrogen-bond donors (Lipinski definition) is 3. The number of aliphatic carboxylic acids is 1. The first-order valence-corrected chi connectivity index (χ1v) is 6.90. The van der Waals surface area contributed by atoms with Crippen LogP contribution in [0.1, 0.15) is 38.5 Å². The van der Waals surface area contributed by atoms with Gasteiger partial charge in [-0.3, -0.25) is 9.59 Å². The Kier molecular flexibility index (Phi) is 4.58. The van der Waals surface area contributed by atoms with Crippen LogP contribution in [0.15, 0.2) is 0 Å². The lowest BCUT2D eigenvalue weighted by Gasteiger charge is -2.26. The van der Waals surface area contributed by atoms with Crippen LogP contribution in [0.4, 0.5) is 0 Å². The van der Waals surface area contributed by atoms with Gasteiger partial charge in [-0.25, -0.2) is 0 Å². The predicted octanol–water partition coefficient (Wildman–Crippen LogP) is 0.746. The summed E-state index contributed by atoms with van der Waals surface area (Å²) < 4.78 is 0. The van der Waals surface area contributed by atoms with E-state index in [1.807, 2.05) is 0 Å². The second-order valence-electron chi connectivity index (χ2n) is 5.45. The van der Waals surface area contributed by atoms with E-state index >= 15 is 0 Å². The maximum atomic E-state index is 11.8. The molecule has 1 aliphatic carbocycles. The Morgan fingerprint density at radius 3 is 2.44 bits per heavy atom. The summed E-state index contributed by atoms with van der Waals surface area (Å²) in [4.78, 5) is 22.6. The fourth-order valence-electron chi connectivity index (χ4n) is 2.89. The Hall–Kier alpha value is -1.10. The van der Waals surface area contributed by atoms with Crippen molar-refractivity contribution in [1.29, 1.82) is 0 Å².